The number of aromatic amines is 1. The molecule has 0 saturated carbocycles. The summed E-state index contributed by atoms with van der Waals surface area (Å²) >= 11 is 0. The van der Waals surface area contributed by atoms with E-state index in [4.69, 9.17) is 0 Å². The Morgan fingerprint density at radius 2 is 2.19 bits per heavy atom. The third-order valence-electron chi connectivity index (χ3n) is 4.89. The number of likely N-dealkylation sites (tertiary alicyclic amines) is 1. The highest BCUT2D eigenvalue weighted by molar-refractivity contribution is 5.94. The van der Waals surface area contributed by atoms with Gasteiger partial charge in [-0.2, -0.15) is 0 Å². The van der Waals surface area contributed by atoms with E-state index in [0.717, 1.165) is 25.8 Å². The molecule has 1 atom stereocenters. The van der Waals surface area contributed by atoms with Gasteiger partial charge in [-0.25, -0.2) is 4.39 Å². The first kappa shape index (κ1) is 18.2. The number of nitrogens with one attached hydrogen (secondary N) is 2. The van der Waals surface area contributed by atoms with E-state index in [9.17, 15) is 14.0 Å². The summed E-state index contributed by atoms with van der Waals surface area (Å²) in [6, 6.07) is 6.11. The minimum absolute atomic E-state index is 0.0438. The number of carbonyl (C=O) groups is 2. The molecule has 26 heavy (non-hydrogen) atoms. The average Bonchev–Trinajstić information content (AvgIpc) is 3.17. The SMILES string of the molecule is Cc1cc(F)ccc1NC(=O)CC[C@@H]1CCCN(C(=O)c2cc[nH]c2)C1. The van der Waals surface area contributed by atoms with Crippen LogP contribution in [0.25, 0.3) is 0 Å². The van der Waals surface area contributed by atoms with E-state index < -0.39 is 0 Å². The first-order valence-electron chi connectivity index (χ1n) is 9.01. The van der Waals surface area contributed by atoms with Crippen LogP contribution in [0.4, 0.5) is 10.1 Å². The molecule has 2 aromatic rings. The zero-order chi connectivity index (χ0) is 18.5. The Labute approximate surface area is 152 Å². The van der Waals surface area contributed by atoms with Crippen LogP contribution in [0.15, 0.2) is 36.7 Å². The molecule has 1 aromatic carbocycles. The van der Waals surface area contributed by atoms with Gasteiger partial charge in [-0.3, -0.25) is 9.59 Å². The highest BCUT2D eigenvalue weighted by Gasteiger charge is 2.25. The van der Waals surface area contributed by atoms with Gasteiger partial charge in [0, 0.05) is 37.6 Å². The predicted molar refractivity (Wildman–Crippen MR) is 98.4 cm³/mol. The standard InChI is InChI=1S/C20H24FN3O2/c1-14-11-17(21)5-6-18(14)23-19(25)7-4-15-3-2-10-24(13-15)20(26)16-8-9-22-12-16/h5-6,8-9,11-12,15,22H,2-4,7,10,13H2,1H3,(H,23,25)/t15-/m0/s1. The molecule has 0 bridgehead atoms. The van der Waals surface area contributed by atoms with Crippen LogP contribution in [-0.2, 0) is 4.79 Å². The molecule has 0 unspecified atom stereocenters. The summed E-state index contributed by atoms with van der Waals surface area (Å²) < 4.78 is 13.1. The molecule has 6 heteroatoms. The topological polar surface area (TPSA) is 65.2 Å². The highest BCUT2D eigenvalue weighted by Crippen LogP contribution is 2.23. The molecule has 1 saturated heterocycles. The van der Waals surface area contributed by atoms with Crippen molar-refractivity contribution in [3.63, 3.8) is 0 Å². The van der Waals surface area contributed by atoms with Crippen molar-refractivity contribution in [1.29, 1.82) is 0 Å². The number of H-pyrrole nitrogens is 1. The van der Waals surface area contributed by atoms with Crippen LogP contribution in [0.1, 0.15) is 41.6 Å². The van der Waals surface area contributed by atoms with Gasteiger partial charge in [-0.1, -0.05) is 0 Å². The second kappa shape index (κ2) is 8.17. The normalized spacial score (nSPS) is 17.2. The molecular formula is C20H24FN3O2. The van der Waals surface area contributed by atoms with Crippen LogP contribution < -0.4 is 5.32 Å². The van der Waals surface area contributed by atoms with Gasteiger partial charge in [-0.05, 0) is 61.9 Å². The molecule has 1 aliphatic heterocycles. The Balaban J connectivity index is 1.49. The zero-order valence-electron chi connectivity index (χ0n) is 14.9. The number of piperidine rings is 1. The van der Waals surface area contributed by atoms with Crippen LogP contribution in [0.2, 0.25) is 0 Å². The van der Waals surface area contributed by atoms with Gasteiger partial charge >= 0.3 is 0 Å². The summed E-state index contributed by atoms with van der Waals surface area (Å²) in [6.07, 6.45) is 6.58. The number of amides is 2. The van der Waals surface area contributed by atoms with Gasteiger partial charge in [0.05, 0.1) is 5.56 Å². The van der Waals surface area contributed by atoms with Crippen molar-refractivity contribution in [3.05, 3.63) is 53.6 Å². The fourth-order valence-electron chi connectivity index (χ4n) is 3.44. The number of halogens is 1. The second-order valence-corrected chi connectivity index (χ2v) is 6.91. The van der Waals surface area contributed by atoms with Gasteiger partial charge < -0.3 is 15.2 Å². The van der Waals surface area contributed by atoms with Crippen LogP contribution in [0, 0.1) is 18.7 Å². The van der Waals surface area contributed by atoms with Crippen molar-refractivity contribution in [2.45, 2.75) is 32.6 Å². The lowest BCUT2D eigenvalue weighted by molar-refractivity contribution is -0.116. The Bertz CT molecular complexity index is 773. The lowest BCUT2D eigenvalue weighted by Crippen LogP contribution is -2.40. The number of aryl methyl sites for hydroxylation is 1. The Kier molecular flexibility index (Phi) is 5.71. The number of carbonyl (C=O) groups excluding carboxylic acids is 2. The summed E-state index contributed by atoms with van der Waals surface area (Å²) in [4.78, 5) is 29.4. The fraction of sp³-hybridized carbons (Fsp3) is 0.400. The molecule has 1 aliphatic rings. The monoisotopic (exact) mass is 357 g/mol. The third kappa shape index (κ3) is 4.50. The smallest absolute Gasteiger partial charge is 0.255 e. The predicted octanol–water partition coefficient (Wildman–Crippen LogP) is 3.73. The van der Waals surface area contributed by atoms with Gasteiger partial charge in [0.15, 0.2) is 0 Å². The second-order valence-electron chi connectivity index (χ2n) is 6.91. The van der Waals surface area contributed by atoms with Crippen molar-refractivity contribution in [1.82, 2.24) is 9.88 Å². The van der Waals surface area contributed by atoms with Gasteiger partial charge in [0.1, 0.15) is 5.82 Å². The molecule has 138 valence electrons. The number of benzene rings is 1. The number of rotatable bonds is 5. The van der Waals surface area contributed by atoms with Gasteiger partial charge in [0.2, 0.25) is 5.91 Å². The Hall–Kier alpha value is -2.63. The Morgan fingerprint density at radius 3 is 2.92 bits per heavy atom. The summed E-state index contributed by atoms with van der Waals surface area (Å²) in [5, 5.41) is 2.84. The highest BCUT2D eigenvalue weighted by atomic mass is 19.1. The fourth-order valence-corrected chi connectivity index (χ4v) is 3.44. The van der Waals surface area contributed by atoms with Crippen LogP contribution >= 0.6 is 0 Å². The molecule has 0 aliphatic carbocycles. The molecule has 2 amide bonds. The lowest BCUT2D eigenvalue weighted by Gasteiger charge is -2.32. The van der Waals surface area contributed by atoms with Crippen molar-refractivity contribution < 1.29 is 14.0 Å². The maximum Gasteiger partial charge on any atom is 0.255 e. The Morgan fingerprint density at radius 1 is 1.35 bits per heavy atom. The number of aromatic nitrogens is 1. The zero-order valence-corrected chi connectivity index (χ0v) is 14.9. The maximum absolute atomic E-state index is 13.1. The minimum atomic E-state index is -0.310. The number of nitrogens with zero attached hydrogens (tertiary/aromatic N) is 1. The van der Waals surface area contributed by atoms with Gasteiger partial charge in [0.25, 0.3) is 5.91 Å². The van der Waals surface area contributed by atoms with Crippen molar-refractivity contribution in [2.24, 2.45) is 5.92 Å². The molecule has 0 spiro atoms. The molecule has 1 fully saturated rings. The molecule has 0 radical (unpaired) electrons. The minimum Gasteiger partial charge on any atom is -0.367 e. The summed E-state index contributed by atoms with van der Waals surface area (Å²) in [5.74, 6) is -0.0160. The first-order chi connectivity index (χ1) is 12.5. The third-order valence-corrected chi connectivity index (χ3v) is 4.89. The van der Waals surface area contributed by atoms with E-state index in [1.54, 1.807) is 31.5 Å². The largest absolute Gasteiger partial charge is 0.367 e. The quantitative estimate of drug-likeness (QED) is 0.856. The maximum atomic E-state index is 13.1. The molecule has 2 heterocycles. The van der Waals surface area contributed by atoms with Crippen molar-refractivity contribution in [3.8, 4) is 0 Å². The average molecular weight is 357 g/mol. The first-order valence-corrected chi connectivity index (χ1v) is 9.01. The number of hydrogen-bond donors (Lipinski definition) is 2. The van der Waals surface area contributed by atoms with Crippen molar-refractivity contribution >= 4 is 17.5 Å². The number of hydrogen-bond acceptors (Lipinski definition) is 2. The van der Waals surface area contributed by atoms with Crippen LogP contribution in [0.5, 0.6) is 0 Å². The molecule has 1 aromatic heterocycles. The number of anilines is 1. The van der Waals surface area contributed by atoms with E-state index in [0.29, 0.717) is 35.7 Å². The van der Waals surface area contributed by atoms with E-state index in [2.05, 4.69) is 10.3 Å². The van der Waals surface area contributed by atoms with E-state index >= 15 is 0 Å². The van der Waals surface area contributed by atoms with Crippen molar-refractivity contribution in [2.75, 3.05) is 18.4 Å². The molecule has 2 N–H and O–H groups in total. The van der Waals surface area contributed by atoms with Crippen LogP contribution in [-0.4, -0.2) is 34.8 Å². The van der Waals surface area contributed by atoms with Crippen LogP contribution in [0.3, 0.4) is 0 Å². The summed E-state index contributed by atoms with van der Waals surface area (Å²) in [7, 11) is 0. The molecular weight excluding hydrogens is 333 g/mol. The summed E-state index contributed by atoms with van der Waals surface area (Å²) in [6.45, 7) is 3.22. The molecule has 5 nitrogen and oxygen atoms in total. The van der Waals surface area contributed by atoms with Gasteiger partial charge in [-0.15, -0.1) is 0 Å². The van der Waals surface area contributed by atoms with E-state index in [1.165, 1.54) is 12.1 Å². The van der Waals surface area contributed by atoms with E-state index in [-0.39, 0.29) is 17.6 Å². The van der Waals surface area contributed by atoms with E-state index in [1.807, 2.05) is 4.90 Å². The lowest BCUT2D eigenvalue weighted by atomic mass is 9.93. The summed E-state index contributed by atoms with van der Waals surface area (Å²) in [5.41, 5.74) is 2.03. The molecule has 3 rings (SSSR count).